The normalized spacial score (nSPS) is 14.2. The molecule has 0 unspecified atom stereocenters. The Kier molecular flexibility index (Phi) is 6.69. The summed E-state index contributed by atoms with van der Waals surface area (Å²) < 4.78 is 13.3. The van der Waals surface area contributed by atoms with Crippen molar-refractivity contribution in [1.29, 1.82) is 0 Å². The summed E-state index contributed by atoms with van der Waals surface area (Å²) in [5, 5.41) is 7.41. The molecular formula is C25H32N8O3Si. The van der Waals surface area contributed by atoms with Crippen LogP contribution in [-0.2, 0) is 11.5 Å². The largest absolute Gasteiger partial charge is 0.423 e. The number of oxazole rings is 1. The number of amides is 1. The molecule has 1 aromatic carbocycles. The van der Waals surface area contributed by atoms with Crippen LogP contribution in [0.3, 0.4) is 0 Å². The van der Waals surface area contributed by atoms with E-state index in [1.54, 1.807) is 23.3 Å². The van der Waals surface area contributed by atoms with Gasteiger partial charge in [0.2, 0.25) is 0 Å². The number of carbonyl (C=O) groups is 1. The molecule has 1 aliphatic heterocycles. The van der Waals surface area contributed by atoms with Crippen molar-refractivity contribution in [2.45, 2.75) is 45.3 Å². The topological polar surface area (TPSA) is 137 Å². The maximum Gasteiger partial charge on any atom is 0.298 e. The summed E-state index contributed by atoms with van der Waals surface area (Å²) in [5.41, 5.74) is 9.82. The molecule has 4 aromatic rings. The number of aryl methyl sites for hydroxylation is 1. The van der Waals surface area contributed by atoms with Gasteiger partial charge in [0.25, 0.3) is 11.9 Å². The lowest BCUT2D eigenvalue weighted by Gasteiger charge is -2.37. The third kappa shape index (κ3) is 5.80. The van der Waals surface area contributed by atoms with Crippen LogP contribution in [0.15, 0.2) is 41.2 Å². The standard InChI is InChI=1S/C25H32N8O3Si/c1-16-5-6-19-21(9-16)36-25(31-19)32-12-17(13-32)20-11-27-24(22(30-20)23(26)34)29-18-10-28-33(14-18)15-35-7-8-37(2,3)4/h5-6,9-11,14,17H,7-8,12-13,15H2,1-4H3,(H2,26,34)(H,27,29). The average molecular weight is 521 g/mol. The maximum absolute atomic E-state index is 12.2. The van der Waals surface area contributed by atoms with E-state index in [1.165, 1.54) is 0 Å². The summed E-state index contributed by atoms with van der Waals surface area (Å²) in [5.74, 6) is -0.266. The van der Waals surface area contributed by atoms with Gasteiger partial charge in [-0.3, -0.25) is 4.79 Å². The monoisotopic (exact) mass is 520 g/mol. The number of anilines is 3. The first kappa shape index (κ1) is 24.9. The Morgan fingerprint density at radius 1 is 1.24 bits per heavy atom. The minimum atomic E-state index is -1.14. The first-order valence-electron chi connectivity index (χ1n) is 12.3. The summed E-state index contributed by atoms with van der Waals surface area (Å²) in [6.45, 7) is 11.4. The number of nitrogens with one attached hydrogen (secondary N) is 1. The molecule has 0 bridgehead atoms. The van der Waals surface area contributed by atoms with E-state index in [-0.39, 0.29) is 11.6 Å². The first-order valence-corrected chi connectivity index (χ1v) is 16.0. The van der Waals surface area contributed by atoms with E-state index in [2.05, 4.69) is 45.0 Å². The van der Waals surface area contributed by atoms with E-state index in [4.69, 9.17) is 14.9 Å². The van der Waals surface area contributed by atoms with E-state index in [0.717, 1.165) is 22.7 Å². The smallest absolute Gasteiger partial charge is 0.298 e. The van der Waals surface area contributed by atoms with Crippen LogP contribution in [0.4, 0.5) is 17.5 Å². The second kappa shape index (κ2) is 9.94. The minimum absolute atomic E-state index is 0.0902. The number of benzene rings is 1. The number of rotatable bonds is 10. The number of hydrogen-bond acceptors (Lipinski definition) is 9. The predicted octanol–water partition coefficient (Wildman–Crippen LogP) is 3.88. The molecule has 194 valence electrons. The van der Waals surface area contributed by atoms with E-state index in [9.17, 15) is 4.79 Å². The van der Waals surface area contributed by atoms with E-state index < -0.39 is 14.0 Å². The summed E-state index contributed by atoms with van der Waals surface area (Å²) in [4.78, 5) is 27.8. The highest BCUT2D eigenvalue weighted by Gasteiger charge is 2.33. The fourth-order valence-corrected chi connectivity index (χ4v) is 4.77. The molecule has 12 heteroatoms. The van der Waals surface area contributed by atoms with Crippen molar-refractivity contribution in [2.24, 2.45) is 5.73 Å². The number of carbonyl (C=O) groups excluding carboxylic acids is 1. The quantitative estimate of drug-likeness (QED) is 0.236. The minimum Gasteiger partial charge on any atom is -0.423 e. The third-order valence-corrected chi connectivity index (χ3v) is 7.95. The molecule has 37 heavy (non-hydrogen) atoms. The van der Waals surface area contributed by atoms with Gasteiger partial charge in [0.15, 0.2) is 17.1 Å². The number of primary amides is 1. The van der Waals surface area contributed by atoms with Gasteiger partial charge in [-0.25, -0.2) is 14.6 Å². The number of ether oxygens (including phenoxy) is 1. The molecule has 4 heterocycles. The number of fused-ring (bicyclic) bond motifs is 1. The van der Waals surface area contributed by atoms with Crippen molar-refractivity contribution in [3.63, 3.8) is 0 Å². The summed E-state index contributed by atoms with van der Waals surface area (Å²) in [7, 11) is -1.14. The fourth-order valence-electron chi connectivity index (χ4n) is 4.01. The highest BCUT2D eigenvalue weighted by molar-refractivity contribution is 6.76. The van der Waals surface area contributed by atoms with Crippen molar-refractivity contribution >= 4 is 42.6 Å². The van der Waals surface area contributed by atoms with Gasteiger partial charge >= 0.3 is 0 Å². The third-order valence-electron chi connectivity index (χ3n) is 6.24. The van der Waals surface area contributed by atoms with Crippen LogP contribution in [0.2, 0.25) is 25.7 Å². The lowest BCUT2D eigenvalue weighted by atomic mass is 9.97. The lowest BCUT2D eigenvalue weighted by molar-refractivity contribution is 0.0786. The number of aromatic nitrogens is 5. The molecule has 0 radical (unpaired) electrons. The number of nitrogens with two attached hydrogens (primary N) is 1. The van der Waals surface area contributed by atoms with Crippen molar-refractivity contribution in [2.75, 3.05) is 29.9 Å². The van der Waals surface area contributed by atoms with Gasteiger partial charge in [-0.1, -0.05) is 25.7 Å². The van der Waals surface area contributed by atoms with Crippen LogP contribution in [0.1, 0.15) is 27.7 Å². The molecule has 1 fully saturated rings. The van der Waals surface area contributed by atoms with Crippen molar-refractivity contribution in [3.8, 4) is 0 Å². The Labute approximate surface area is 216 Å². The average Bonchev–Trinajstić information content (AvgIpc) is 3.42. The summed E-state index contributed by atoms with van der Waals surface area (Å²) >= 11 is 0. The van der Waals surface area contributed by atoms with Gasteiger partial charge in [-0.05, 0) is 30.7 Å². The number of hydrogen-bond donors (Lipinski definition) is 2. The Bertz CT molecular complexity index is 1420. The van der Waals surface area contributed by atoms with Gasteiger partial charge in [0.1, 0.15) is 12.2 Å². The Morgan fingerprint density at radius 2 is 2.05 bits per heavy atom. The predicted molar refractivity (Wildman–Crippen MR) is 144 cm³/mol. The van der Waals surface area contributed by atoms with Gasteiger partial charge in [0.05, 0.1) is 30.0 Å². The van der Waals surface area contributed by atoms with Crippen LogP contribution < -0.4 is 16.0 Å². The molecule has 11 nitrogen and oxygen atoms in total. The van der Waals surface area contributed by atoms with Crippen molar-refractivity contribution < 1.29 is 13.9 Å². The molecule has 1 amide bonds. The zero-order chi connectivity index (χ0) is 26.2. The zero-order valence-electron chi connectivity index (χ0n) is 21.6. The molecule has 3 N–H and O–H groups in total. The molecule has 1 aliphatic rings. The van der Waals surface area contributed by atoms with Crippen LogP contribution >= 0.6 is 0 Å². The first-order chi connectivity index (χ1) is 17.6. The highest BCUT2D eigenvalue weighted by Crippen LogP contribution is 2.33. The van der Waals surface area contributed by atoms with Gasteiger partial charge in [-0.15, -0.1) is 0 Å². The lowest BCUT2D eigenvalue weighted by Crippen LogP contribution is -2.45. The zero-order valence-corrected chi connectivity index (χ0v) is 22.6. The van der Waals surface area contributed by atoms with Gasteiger partial charge < -0.3 is 25.1 Å². The van der Waals surface area contributed by atoms with Gasteiger partial charge in [0, 0.05) is 33.7 Å². The SMILES string of the molecule is Cc1ccc2nc(N3CC(c4cnc(Nc5cnn(COCC[Si](C)(C)C)c5)c(C(N)=O)n4)C3)oc2c1. The van der Waals surface area contributed by atoms with Crippen molar-refractivity contribution in [1.82, 2.24) is 24.7 Å². The van der Waals surface area contributed by atoms with Crippen LogP contribution in [0.5, 0.6) is 0 Å². The fraction of sp³-hybridized carbons (Fsp3) is 0.400. The van der Waals surface area contributed by atoms with Crippen LogP contribution in [0, 0.1) is 6.92 Å². The second-order valence-corrected chi connectivity index (χ2v) is 16.3. The molecule has 0 atom stereocenters. The van der Waals surface area contributed by atoms with E-state index in [1.807, 2.05) is 30.0 Å². The Balaban J connectivity index is 1.21. The van der Waals surface area contributed by atoms with Crippen LogP contribution in [-0.4, -0.2) is 58.4 Å². The molecule has 0 spiro atoms. The van der Waals surface area contributed by atoms with Crippen LogP contribution in [0.25, 0.3) is 11.1 Å². The highest BCUT2D eigenvalue weighted by atomic mass is 28.3. The molecule has 1 saturated heterocycles. The molecular weight excluding hydrogens is 488 g/mol. The molecule has 3 aromatic heterocycles. The maximum atomic E-state index is 12.2. The van der Waals surface area contributed by atoms with E-state index in [0.29, 0.717) is 49.6 Å². The van der Waals surface area contributed by atoms with Gasteiger partial charge in [-0.2, -0.15) is 10.1 Å². The molecule has 0 aliphatic carbocycles. The second-order valence-electron chi connectivity index (χ2n) is 10.7. The summed E-state index contributed by atoms with van der Waals surface area (Å²) in [6, 6.07) is 7.62. The molecule has 0 saturated carbocycles. The van der Waals surface area contributed by atoms with E-state index >= 15 is 0 Å². The number of nitrogens with zero attached hydrogens (tertiary/aromatic N) is 6. The Hall–Kier alpha value is -3.77. The molecule has 5 rings (SSSR count). The van der Waals surface area contributed by atoms with Crippen molar-refractivity contribution in [3.05, 3.63) is 53.7 Å². The summed E-state index contributed by atoms with van der Waals surface area (Å²) in [6.07, 6.45) is 5.12. The Morgan fingerprint density at radius 3 is 2.81 bits per heavy atom.